The summed E-state index contributed by atoms with van der Waals surface area (Å²) in [6.45, 7) is 3.70. The van der Waals surface area contributed by atoms with Crippen molar-refractivity contribution in [3.63, 3.8) is 0 Å². The number of hydrogen-bond donors (Lipinski definition) is 0. The van der Waals surface area contributed by atoms with Crippen molar-refractivity contribution in [1.29, 1.82) is 0 Å². The summed E-state index contributed by atoms with van der Waals surface area (Å²) in [4.78, 5) is 16.7. The number of aryl methyl sites for hydroxylation is 2. The van der Waals surface area contributed by atoms with Gasteiger partial charge < -0.3 is 9.47 Å². The van der Waals surface area contributed by atoms with Gasteiger partial charge in [-0.15, -0.1) is 10.2 Å². The first-order valence-electron chi connectivity index (χ1n) is 8.97. The van der Waals surface area contributed by atoms with Crippen LogP contribution in [0, 0.1) is 13.8 Å². The van der Waals surface area contributed by atoms with Crippen molar-refractivity contribution in [2.45, 2.75) is 32.6 Å². The van der Waals surface area contributed by atoms with Crippen molar-refractivity contribution < 1.29 is 14.3 Å². The molecule has 1 aromatic carbocycles. The van der Waals surface area contributed by atoms with Crippen molar-refractivity contribution in [2.24, 2.45) is 0 Å². The predicted molar refractivity (Wildman–Crippen MR) is 104 cm³/mol. The summed E-state index contributed by atoms with van der Waals surface area (Å²) < 4.78 is 11.6. The lowest BCUT2D eigenvalue weighted by atomic mass is 10.1. The standard InChI is InChI=1S/C21H18ClN3O3/c1-12-5-3-6-16(14-8-9-14)19(12)28-20-17(11-18(22)24-25-20)27-21(26)15-7-4-10-23-13(15)2/h3-7,10-11,14H,8-9H2,1-2H3. The third-order valence-corrected chi connectivity index (χ3v) is 4.77. The van der Waals surface area contributed by atoms with Crippen molar-refractivity contribution in [2.75, 3.05) is 0 Å². The van der Waals surface area contributed by atoms with E-state index in [0.29, 0.717) is 17.2 Å². The lowest BCUT2D eigenvalue weighted by Crippen LogP contribution is -2.12. The van der Waals surface area contributed by atoms with Crippen molar-refractivity contribution >= 4 is 17.6 Å². The number of halogens is 1. The Bertz CT molecular complexity index is 1050. The van der Waals surface area contributed by atoms with Crippen LogP contribution in [0.3, 0.4) is 0 Å². The van der Waals surface area contributed by atoms with Crippen LogP contribution in [-0.2, 0) is 0 Å². The third-order valence-electron chi connectivity index (χ3n) is 4.59. The van der Waals surface area contributed by atoms with Gasteiger partial charge in [-0.25, -0.2) is 4.79 Å². The minimum Gasteiger partial charge on any atom is -0.434 e. The fraction of sp³-hybridized carbons (Fsp3) is 0.238. The molecule has 0 aliphatic heterocycles. The highest BCUT2D eigenvalue weighted by molar-refractivity contribution is 6.29. The highest BCUT2D eigenvalue weighted by atomic mass is 35.5. The van der Waals surface area contributed by atoms with E-state index in [0.717, 1.165) is 29.7 Å². The van der Waals surface area contributed by atoms with Gasteiger partial charge in [-0.1, -0.05) is 29.8 Å². The normalized spacial score (nSPS) is 13.2. The number of esters is 1. The lowest BCUT2D eigenvalue weighted by Gasteiger charge is -2.15. The smallest absolute Gasteiger partial charge is 0.345 e. The summed E-state index contributed by atoms with van der Waals surface area (Å²) in [6, 6.07) is 10.8. The van der Waals surface area contributed by atoms with Crippen LogP contribution in [0.2, 0.25) is 5.15 Å². The van der Waals surface area contributed by atoms with Crippen LogP contribution in [0.25, 0.3) is 0 Å². The Kier molecular flexibility index (Phi) is 4.96. The SMILES string of the molecule is Cc1cccc(C2CC2)c1Oc1nnc(Cl)cc1OC(=O)c1cccnc1C. The molecule has 3 aromatic rings. The van der Waals surface area contributed by atoms with Gasteiger partial charge in [0.15, 0.2) is 10.9 Å². The first-order chi connectivity index (χ1) is 13.5. The summed E-state index contributed by atoms with van der Waals surface area (Å²) in [7, 11) is 0. The van der Waals surface area contributed by atoms with Crippen LogP contribution in [0.1, 0.15) is 45.9 Å². The lowest BCUT2D eigenvalue weighted by molar-refractivity contribution is 0.0727. The monoisotopic (exact) mass is 395 g/mol. The van der Waals surface area contributed by atoms with Gasteiger partial charge in [-0.2, -0.15) is 0 Å². The van der Waals surface area contributed by atoms with Crippen molar-refractivity contribution in [3.05, 3.63) is 70.1 Å². The van der Waals surface area contributed by atoms with E-state index in [1.165, 1.54) is 6.07 Å². The van der Waals surface area contributed by atoms with Gasteiger partial charge in [-0.3, -0.25) is 4.98 Å². The first kappa shape index (κ1) is 18.4. The zero-order chi connectivity index (χ0) is 19.7. The van der Waals surface area contributed by atoms with Crippen LogP contribution in [0.15, 0.2) is 42.6 Å². The molecule has 0 spiro atoms. The quantitative estimate of drug-likeness (QED) is 0.564. The third kappa shape index (κ3) is 3.82. The summed E-state index contributed by atoms with van der Waals surface area (Å²) in [5.41, 5.74) is 3.02. The number of pyridine rings is 1. The maximum absolute atomic E-state index is 12.6. The molecule has 1 aliphatic rings. The molecule has 0 atom stereocenters. The minimum absolute atomic E-state index is 0.0930. The molecule has 1 fully saturated rings. The summed E-state index contributed by atoms with van der Waals surface area (Å²) >= 11 is 5.97. The van der Waals surface area contributed by atoms with Crippen molar-refractivity contribution in [3.8, 4) is 17.4 Å². The Balaban J connectivity index is 1.67. The van der Waals surface area contributed by atoms with Gasteiger partial charge in [0.25, 0.3) is 5.88 Å². The Morgan fingerprint density at radius 2 is 1.96 bits per heavy atom. The summed E-state index contributed by atoms with van der Waals surface area (Å²) in [5.74, 6) is 0.844. The van der Waals surface area contributed by atoms with Gasteiger partial charge in [-0.05, 0) is 55.9 Å². The predicted octanol–water partition coefficient (Wildman–Crippen LogP) is 5.03. The second kappa shape index (κ2) is 7.56. The fourth-order valence-electron chi connectivity index (χ4n) is 2.97. The molecule has 4 rings (SSSR count). The molecule has 28 heavy (non-hydrogen) atoms. The average molecular weight is 396 g/mol. The Hall–Kier alpha value is -2.99. The van der Waals surface area contributed by atoms with Gasteiger partial charge in [0.2, 0.25) is 0 Å². The molecule has 2 aromatic heterocycles. The van der Waals surface area contributed by atoms with E-state index in [9.17, 15) is 4.79 Å². The number of aromatic nitrogens is 3. The number of ether oxygens (including phenoxy) is 2. The Labute approximate surface area is 167 Å². The molecule has 0 radical (unpaired) electrons. The van der Waals surface area contributed by atoms with E-state index in [4.69, 9.17) is 21.1 Å². The number of hydrogen-bond acceptors (Lipinski definition) is 6. The van der Waals surface area contributed by atoms with E-state index in [1.807, 2.05) is 25.1 Å². The molecular formula is C21H18ClN3O3. The average Bonchev–Trinajstić information content (AvgIpc) is 3.50. The zero-order valence-electron chi connectivity index (χ0n) is 15.5. The molecule has 1 saturated carbocycles. The number of carbonyl (C=O) groups excluding carboxylic acids is 1. The molecule has 1 aliphatic carbocycles. The summed E-state index contributed by atoms with van der Waals surface area (Å²) in [5, 5.41) is 7.95. The molecular weight excluding hydrogens is 378 g/mol. The second-order valence-corrected chi connectivity index (χ2v) is 7.12. The Morgan fingerprint density at radius 3 is 2.71 bits per heavy atom. The zero-order valence-corrected chi connectivity index (χ0v) is 16.2. The molecule has 0 N–H and O–H groups in total. The topological polar surface area (TPSA) is 74.2 Å². The van der Waals surface area contributed by atoms with Crippen molar-refractivity contribution in [1.82, 2.24) is 15.2 Å². The molecule has 7 heteroatoms. The first-order valence-corrected chi connectivity index (χ1v) is 9.35. The minimum atomic E-state index is -0.563. The van der Waals surface area contributed by atoms with E-state index in [2.05, 4.69) is 15.2 Å². The van der Waals surface area contributed by atoms with E-state index in [1.54, 1.807) is 25.3 Å². The van der Waals surface area contributed by atoms with Gasteiger partial charge in [0, 0.05) is 12.3 Å². The van der Waals surface area contributed by atoms with Gasteiger partial charge in [0.1, 0.15) is 5.75 Å². The molecule has 142 valence electrons. The number of nitrogens with zero attached hydrogens (tertiary/aromatic N) is 3. The molecule has 0 amide bonds. The van der Waals surface area contributed by atoms with E-state index < -0.39 is 5.97 Å². The molecule has 2 heterocycles. The van der Waals surface area contributed by atoms with Crippen LogP contribution >= 0.6 is 11.6 Å². The van der Waals surface area contributed by atoms with Crippen LogP contribution in [0.5, 0.6) is 17.4 Å². The molecule has 0 bridgehead atoms. The molecule has 0 unspecified atom stereocenters. The van der Waals surface area contributed by atoms with Crippen LogP contribution in [-0.4, -0.2) is 21.2 Å². The van der Waals surface area contributed by atoms with Crippen LogP contribution in [0.4, 0.5) is 0 Å². The number of benzene rings is 1. The van der Waals surface area contributed by atoms with Gasteiger partial charge >= 0.3 is 5.97 Å². The maximum atomic E-state index is 12.6. The largest absolute Gasteiger partial charge is 0.434 e. The highest BCUT2D eigenvalue weighted by Gasteiger charge is 2.28. The number of carbonyl (C=O) groups is 1. The van der Waals surface area contributed by atoms with E-state index in [-0.39, 0.29) is 16.8 Å². The Morgan fingerprint density at radius 1 is 1.14 bits per heavy atom. The fourth-order valence-corrected chi connectivity index (χ4v) is 3.10. The second-order valence-electron chi connectivity index (χ2n) is 6.73. The van der Waals surface area contributed by atoms with E-state index >= 15 is 0 Å². The van der Waals surface area contributed by atoms with Gasteiger partial charge in [0.05, 0.1) is 11.3 Å². The molecule has 0 saturated heterocycles. The maximum Gasteiger partial charge on any atom is 0.345 e. The highest BCUT2D eigenvalue weighted by Crippen LogP contribution is 2.46. The van der Waals surface area contributed by atoms with Crippen LogP contribution < -0.4 is 9.47 Å². The number of rotatable bonds is 5. The molecule has 6 nitrogen and oxygen atoms in total. The summed E-state index contributed by atoms with van der Waals surface area (Å²) in [6.07, 6.45) is 3.88. The number of para-hydroxylation sites is 1.